The van der Waals surface area contributed by atoms with Crippen LogP contribution in [-0.4, -0.2) is 38.2 Å². The molecule has 0 saturated carbocycles. The minimum Gasteiger partial charge on any atom is -0.396 e. The molecule has 1 amide bonds. The number of nitrogen functional groups attached to an aromatic ring is 1. The van der Waals surface area contributed by atoms with Gasteiger partial charge in [-0.15, -0.1) is 0 Å². The number of aliphatic hydroxyl groups is 1. The van der Waals surface area contributed by atoms with E-state index in [0.29, 0.717) is 29.8 Å². The van der Waals surface area contributed by atoms with Crippen molar-refractivity contribution < 1.29 is 9.90 Å². The Morgan fingerprint density at radius 1 is 1.29 bits per heavy atom. The van der Waals surface area contributed by atoms with Crippen LogP contribution in [-0.2, 0) is 17.8 Å². The van der Waals surface area contributed by atoms with Crippen molar-refractivity contribution in [3.8, 4) is 17.2 Å². The number of carbonyl (C=O) groups is 1. The van der Waals surface area contributed by atoms with Crippen LogP contribution in [0.1, 0.15) is 31.5 Å². The molecule has 8 nitrogen and oxygen atoms in total. The molecule has 162 valence electrons. The van der Waals surface area contributed by atoms with Crippen molar-refractivity contribution in [1.29, 1.82) is 5.26 Å². The zero-order chi connectivity index (χ0) is 22.5. The highest BCUT2D eigenvalue weighted by atomic mass is 16.3. The third kappa shape index (κ3) is 4.67. The van der Waals surface area contributed by atoms with E-state index in [0.717, 1.165) is 22.4 Å². The van der Waals surface area contributed by atoms with Gasteiger partial charge in [0.2, 0.25) is 5.91 Å². The molecule has 2 heterocycles. The lowest BCUT2D eigenvalue weighted by molar-refractivity contribution is -0.123. The van der Waals surface area contributed by atoms with Gasteiger partial charge in [0, 0.05) is 36.9 Å². The fourth-order valence-corrected chi connectivity index (χ4v) is 3.73. The van der Waals surface area contributed by atoms with Crippen LogP contribution >= 0.6 is 0 Å². The summed E-state index contributed by atoms with van der Waals surface area (Å²) >= 11 is 0. The van der Waals surface area contributed by atoms with Gasteiger partial charge in [0.25, 0.3) is 0 Å². The summed E-state index contributed by atoms with van der Waals surface area (Å²) in [5, 5.41) is 22.7. The summed E-state index contributed by atoms with van der Waals surface area (Å²) in [6.07, 6.45) is 2.10. The summed E-state index contributed by atoms with van der Waals surface area (Å²) in [4.78, 5) is 21.3. The van der Waals surface area contributed by atoms with Gasteiger partial charge in [0.15, 0.2) is 0 Å². The van der Waals surface area contributed by atoms with E-state index in [1.165, 1.54) is 6.33 Å². The smallest absolute Gasteiger partial charge is 0.237 e. The van der Waals surface area contributed by atoms with Crippen molar-refractivity contribution in [2.45, 2.75) is 46.2 Å². The largest absolute Gasteiger partial charge is 0.396 e. The minimum atomic E-state index is -0.877. The van der Waals surface area contributed by atoms with Gasteiger partial charge in [0.05, 0.1) is 11.5 Å². The van der Waals surface area contributed by atoms with Crippen molar-refractivity contribution in [3.63, 3.8) is 0 Å². The minimum absolute atomic E-state index is 0.00899. The number of nitriles is 1. The summed E-state index contributed by atoms with van der Waals surface area (Å²) in [5.74, 6) is -0.854. The SMILES string of the molecule is Cc1ccc(-c2c(CC(C#N)C(=O)NC(C)C)n(CCCO)c3ncnc(N)c23)cc1. The lowest BCUT2D eigenvalue weighted by Crippen LogP contribution is -2.36. The summed E-state index contributed by atoms with van der Waals surface area (Å²) in [5.41, 5.74) is 10.5. The van der Waals surface area contributed by atoms with Crippen molar-refractivity contribution in [3.05, 3.63) is 41.9 Å². The number of anilines is 1. The quantitative estimate of drug-likeness (QED) is 0.513. The molecule has 0 aliphatic carbocycles. The van der Waals surface area contributed by atoms with E-state index in [1.54, 1.807) is 0 Å². The Bertz CT molecular complexity index is 1110. The summed E-state index contributed by atoms with van der Waals surface area (Å²) in [6.45, 7) is 6.22. The lowest BCUT2D eigenvalue weighted by atomic mass is 9.95. The number of amides is 1. The first-order chi connectivity index (χ1) is 14.9. The van der Waals surface area contributed by atoms with E-state index in [1.807, 2.05) is 49.6 Å². The molecule has 0 aliphatic heterocycles. The van der Waals surface area contributed by atoms with Crippen LogP contribution in [0.2, 0.25) is 0 Å². The summed E-state index contributed by atoms with van der Waals surface area (Å²) in [6, 6.07) is 10.1. The van der Waals surface area contributed by atoms with E-state index >= 15 is 0 Å². The third-order valence-corrected chi connectivity index (χ3v) is 5.16. The van der Waals surface area contributed by atoms with E-state index in [-0.39, 0.29) is 25.0 Å². The molecule has 0 radical (unpaired) electrons. The van der Waals surface area contributed by atoms with Gasteiger partial charge in [-0.1, -0.05) is 29.8 Å². The zero-order valence-corrected chi connectivity index (χ0v) is 18.1. The Morgan fingerprint density at radius 3 is 2.61 bits per heavy atom. The average Bonchev–Trinajstić information content (AvgIpc) is 3.04. The Labute approximate surface area is 181 Å². The molecule has 1 atom stereocenters. The standard InChI is InChI=1S/C23H28N6O2/c1-14(2)28-23(31)17(12-24)11-18-19(16-7-5-15(3)6-8-16)20-21(25)26-13-27-22(20)29(18)9-4-10-30/h5-8,13-14,17,30H,4,9-11H2,1-3H3,(H,28,31)(H2,25,26,27). The number of carbonyl (C=O) groups excluding carboxylic acids is 1. The van der Waals surface area contributed by atoms with Gasteiger partial charge < -0.3 is 20.7 Å². The maximum atomic E-state index is 12.7. The van der Waals surface area contributed by atoms with Gasteiger partial charge in [-0.3, -0.25) is 4.79 Å². The molecule has 0 saturated heterocycles. The number of hydrogen-bond acceptors (Lipinski definition) is 6. The molecule has 3 aromatic rings. The van der Waals surface area contributed by atoms with Gasteiger partial charge >= 0.3 is 0 Å². The van der Waals surface area contributed by atoms with E-state index in [4.69, 9.17) is 5.73 Å². The molecular formula is C23H28N6O2. The number of nitrogens with one attached hydrogen (secondary N) is 1. The van der Waals surface area contributed by atoms with Crippen LogP contribution in [0.25, 0.3) is 22.2 Å². The van der Waals surface area contributed by atoms with Gasteiger partial charge in [-0.2, -0.15) is 5.26 Å². The van der Waals surface area contributed by atoms with Gasteiger partial charge in [-0.25, -0.2) is 9.97 Å². The maximum Gasteiger partial charge on any atom is 0.237 e. The van der Waals surface area contributed by atoms with Crippen LogP contribution < -0.4 is 11.1 Å². The number of nitrogens with zero attached hydrogens (tertiary/aromatic N) is 4. The van der Waals surface area contributed by atoms with Crippen LogP contribution in [0.5, 0.6) is 0 Å². The highest BCUT2D eigenvalue weighted by Gasteiger charge is 2.27. The first-order valence-electron chi connectivity index (χ1n) is 10.4. The fourth-order valence-electron chi connectivity index (χ4n) is 3.73. The first kappa shape index (κ1) is 22.2. The normalized spacial score (nSPS) is 12.1. The monoisotopic (exact) mass is 420 g/mol. The Kier molecular flexibility index (Phi) is 6.88. The van der Waals surface area contributed by atoms with E-state index < -0.39 is 5.92 Å². The molecule has 4 N–H and O–H groups in total. The van der Waals surface area contributed by atoms with E-state index in [2.05, 4.69) is 21.4 Å². The Balaban J connectivity index is 2.24. The number of aryl methyl sites for hydroxylation is 2. The maximum absolute atomic E-state index is 12.7. The molecule has 1 aromatic carbocycles. The zero-order valence-electron chi connectivity index (χ0n) is 18.1. The van der Waals surface area contributed by atoms with Gasteiger partial charge in [-0.05, 0) is 32.8 Å². The van der Waals surface area contributed by atoms with Crippen LogP contribution in [0, 0.1) is 24.2 Å². The number of fused-ring (bicyclic) bond motifs is 1. The highest BCUT2D eigenvalue weighted by Crippen LogP contribution is 2.38. The lowest BCUT2D eigenvalue weighted by Gasteiger charge is -2.16. The first-order valence-corrected chi connectivity index (χ1v) is 10.4. The topological polar surface area (TPSA) is 130 Å². The average molecular weight is 421 g/mol. The Hall–Kier alpha value is -3.44. The number of rotatable bonds is 8. The number of benzene rings is 1. The molecule has 0 aliphatic rings. The molecule has 3 rings (SSSR count). The van der Waals surface area contributed by atoms with Crippen molar-refractivity contribution in [2.24, 2.45) is 5.92 Å². The fraction of sp³-hybridized carbons (Fsp3) is 0.391. The number of aromatic nitrogens is 3. The molecule has 0 spiro atoms. The second kappa shape index (κ2) is 9.58. The second-order valence-corrected chi connectivity index (χ2v) is 7.92. The third-order valence-electron chi connectivity index (χ3n) is 5.16. The van der Waals surface area contributed by atoms with Crippen LogP contribution in [0.3, 0.4) is 0 Å². The molecule has 0 bridgehead atoms. The van der Waals surface area contributed by atoms with Gasteiger partial charge in [0.1, 0.15) is 23.7 Å². The molecule has 8 heteroatoms. The second-order valence-electron chi connectivity index (χ2n) is 7.92. The number of nitrogens with two attached hydrogens (primary N) is 1. The Morgan fingerprint density at radius 2 is 2.00 bits per heavy atom. The predicted octanol–water partition coefficient (Wildman–Crippen LogP) is 2.58. The van der Waals surface area contributed by atoms with Crippen molar-refractivity contribution >= 4 is 22.8 Å². The van der Waals surface area contributed by atoms with Crippen molar-refractivity contribution in [2.75, 3.05) is 12.3 Å². The molecule has 31 heavy (non-hydrogen) atoms. The highest BCUT2D eigenvalue weighted by molar-refractivity contribution is 6.02. The van der Waals surface area contributed by atoms with Crippen LogP contribution in [0.15, 0.2) is 30.6 Å². The molecule has 1 unspecified atom stereocenters. The van der Waals surface area contributed by atoms with Crippen LogP contribution in [0.4, 0.5) is 5.82 Å². The predicted molar refractivity (Wildman–Crippen MR) is 120 cm³/mol. The number of hydrogen-bond donors (Lipinski definition) is 3. The van der Waals surface area contributed by atoms with E-state index in [9.17, 15) is 15.2 Å². The molecular weight excluding hydrogens is 392 g/mol. The molecule has 2 aromatic heterocycles. The van der Waals surface area contributed by atoms with Crippen molar-refractivity contribution in [1.82, 2.24) is 19.9 Å². The molecule has 0 fully saturated rings. The summed E-state index contributed by atoms with van der Waals surface area (Å²) < 4.78 is 1.95. The summed E-state index contributed by atoms with van der Waals surface area (Å²) in [7, 11) is 0. The number of aliphatic hydroxyl groups excluding tert-OH is 1.